The fourth-order valence-corrected chi connectivity index (χ4v) is 11.6. The summed E-state index contributed by atoms with van der Waals surface area (Å²) >= 11 is -1.17. The van der Waals surface area contributed by atoms with E-state index in [2.05, 4.69) is 114 Å². The van der Waals surface area contributed by atoms with E-state index >= 15 is 0 Å². The Hall–Kier alpha value is -2.06. The van der Waals surface area contributed by atoms with Crippen molar-refractivity contribution in [1.82, 2.24) is 0 Å². The number of aryl methyl sites for hydroxylation is 2. The summed E-state index contributed by atoms with van der Waals surface area (Å²) in [6.07, 6.45) is 9.11. The maximum atomic E-state index is 6.52. The van der Waals surface area contributed by atoms with Crippen LogP contribution in [0.1, 0.15) is 130 Å². The largest absolute Gasteiger partial charge is 1.00 e. The second kappa shape index (κ2) is 14.4. The zero-order valence-corrected chi connectivity index (χ0v) is 30.1. The van der Waals surface area contributed by atoms with Crippen molar-refractivity contribution >= 4 is 23.3 Å². The Bertz CT molecular complexity index is 1500. The average Bonchev–Trinajstić information content (AvgIpc) is 3.74. The van der Waals surface area contributed by atoms with Gasteiger partial charge in [-0.1, -0.05) is 0 Å². The van der Waals surface area contributed by atoms with Crippen molar-refractivity contribution in [3.05, 3.63) is 117 Å². The summed E-state index contributed by atoms with van der Waals surface area (Å²) < 4.78 is 13.9. The number of hydrogen-bond acceptors (Lipinski definition) is 2. The van der Waals surface area contributed by atoms with Crippen LogP contribution in [0.3, 0.4) is 0 Å². The van der Waals surface area contributed by atoms with E-state index in [1.165, 1.54) is 44.5 Å². The van der Waals surface area contributed by atoms with Crippen molar-refractivity contribution in [2.45, 2.75) is 86.3 Å². The van der Waals surface area contributed by atoms with E-state index in [1.807, 2.05) is 0 Å². The maximum Gasteiger partial charge on any atom is -1.00 e. The van der Waals surface area contributed by atoms with Gasteiger partial charge in [0.2, 0.25) is 0 Å². The number of hydrogen-bond donors (Lipinski definition) is 0. The van der Waals surface area contributed by atoms with E-state index in [-0.39, 0.29) is 24.8 Å². The van der Waals surface area contributed by atoms with Gasteiger partial charge in [-0.3, -0.25) is 0 Å². The molecule has 2 unspecified atom stereocenters. The fourth-order valence-electron chi connectivity index (χ4n) is 6.64. The molecule has 0 aliphatic heterocycles. The zero-order chi connectivity index (χ0) is 28.7. The minimum Gasteiger partial charge on any atom is -1.00 e. The Morgan fingerprint density at radius 2 is 1.02 bits per heavy atom. The summed E-state index contributed by atoms with van der Waals surface area (Å²) in [5.74, 6) is 5.28. The second-order valence-corrected chi connectivity index (χ2v) is 15.9. The molecule has 0 saturated heterocycles. The molecule has 43 heavy (non-hydrogen) atoms. The van der Waals surface area contributed by atoms with Crippen LogP contribution < -0.4 is 24.8 Å². The first kappa shape index (κ1) is 33.8. The summed E-state index contributed by atoms with van der Waals surface area (Å²) in [6.45, 7) is 13.7. The Kier molecular flexibility index (Phi) is 11.3. The molecular formula is C38H42Cl2O2Zr. The Morgan fingerprint density at radius 1 is 0.605 bits per heavy atom. The smallest absolute Gasteiger partial charge is 1.00 e. The van der Waals surface area contributed by atoms with Crippen LogP contribution in [0.2, 0.25) is 0 Å². The van der Waals surface area contributed by atoms with Gasteiger partial charge in [0.05, 0.1) is 0 Å². The predicted octanol–water partition coefficient (Wildman–Crippen LogP) is 5.01. The molecule has 0 amide bonds. The SMILES string of the molecule is CCCc1ccc(C2=Cc3c(C(C)C)cccc3[CH]2[Zr+2][CH]2C(c3ccc(CCC)o3)=Cc3c(C(C)C)cccc32)o1.[Cl-].[Cl-]. The van der Waals surface area contributed by atoms with Crippen molar-refractivity contribution in [3.8, 4) is 0 Å². The molecule has 4 aromatic rings. The molecule has 0 fully saturated rings. The fraction of sp³-hybridized carbons (Fsp3) is 0.368. The third kappa shape index (κ3) is 6.52. The van der Waals surface area contributed by atoms with Crippen LogP contribution >= 0.6 is 0 Å². The van der Waals surface area contributed by atoms with Gasteiger partial charge in [0.1, 0.15) is 0 Å². The average molecular weight is 693 g/mol. The molecule has 0 N–H and O–H groups in total. The van der Waals surface area contributed by atoms with Gasteiger partial charge in [0.15, 0.2) is 0 Å². The zero-order valence-electron chi connectivity index (χ0n) is 26.1. The van der Waals surface area contributed by atoms with E-state index in [1.54, 1.807) is 0 Å². The Morgan fingerprint density at radius 3 is 1.40 bits per heavy atom. The van der Waals surface area contributed by atoms with Crippen molar-refractivity contribution in [3.63, 3.8) is 0 Å². The van der Waals surface area contributed by atoms with E-state index < -0.39 is 23.2 Å². The first-order chi connectivity index (χ1) is 19.9. The summed E-state index contributed by atoms with van der Waals surface area (Å²) in [6, 6.07) is 22.8. The summed E-state index contributed by atoms with van der Waals surface area (Å²) in [7, 11) is 0. The standard InChI is InChI=1S/2C19H21O.2ClH.Zr/c2*1-4-6-16-9-10-19(20-16)15-11-14-7-5-8-17(13(2)3)18(14)12-15;;;/h2*5,7-13H,4,6H2,1-3H3;2*1H;/q;;;;+2/p-2. The predicted molar refractivity (Wildman–Crippen MR) is 168 cm³/mol. The van der Waals surface area contributed by atoms with Gasteiger partial charge in [0, 0.05) is 0 Å². The third-order valence-electron chi connectivity index (χ3n) is 8.65. The van der Waals surface area contributed by atoms with Crippen LogP contribution in [0, 0.1) is 0 Å². The minimum absolute atomic E-state index is 0. The van der Waals surface area contributed by atoms with Gasteiger partial charge in [-0.15, -0.1) is 0 Å². The molecule has 2 aliphatic carbocycles. The molecule has 2 nitrogen and oxygen atoms in total. The molecule has 2 aromatic heterocycles. The molecule has 0 radical (unpaired) electrons. The first-order valence-electron chi connectivity index (χ1n) is 15.5. The molecule has 2 aliphatic rings. The van der Waals surface area contributed by atoms with Crippen LogP contribution in [-0.4, -0.2) is 0 Å². The topological polar surface area (TPSA) is 26.3 Å². The van der Waals surface area contributed by atoms with Crippen molar-refractivity contribution < 1.29 is 56.9 Å². The molecular weight excluding hydrogens is 651 g/mol. The first-order valence-corrected chi connectivity index (χ1v) is 18.4. The number of benzene rings is 2. The second-order valence-electron chi connectivity index (χ2n) is 12.3. The molecule has 2 aromatic carbocycles. The summed E-state index contributed by atoms with van der Waals surface area (Å²) in [5, 5.41) is 0. The number of fused-ring (bicyclic) bond motifs is 2. The molecule has 0 bridgehead atoms. The molecule has 224 valence electrons. The maximum absolute atomic E-state index is 6.52. The van der Waals surface area contributed by atoms with Crippen LogP contribution in [-0.2, 0) is 36.1 Å². The minimum atomic E-state index is -1.17. The number of allylic oxidation sites excluding steroid dienone is 2. The normalized spacial score (nSPS) is 16.7. The molecule has 6 rings (SSSR count). The molecule has 0 spiro atoms. The monoisotopic (exact) mass is 690 g/mol. The quantitative estimate of drug-likeness (QED) is 0.234. The summed E-state index contributed by atoms with van der Waals surface area (Å²) in [5.41, 5.74) is 11.5. The number of halogens is 2. The van der Waals surface area contributed by atoms with E-state index in [9.17, 15) is 0 Å². The van der Waals surface area contributed by atoms with Crippen LogP contribution in [0.25, 0.3) is 23.3 Å². The van der Waals surface area contributed by atoms with E-state index in [0.717, 1.165) is 48.7 Å². The van der Waals surface area contributed by atoms with Gasteiger partial charge in [-0.25, -0.2) is 0 Å². The van der Waals surface area contributed by atoms with Crippen molar-refractivity contribution in [2.24, 2.45) is 0 Å². The Balaban J connectivity index is 0.00000212. The van der Waals surface area contributed by atoms with Crippen molar-refractivity contribution in [1.29, 1.82) is 0 Å². The van der Waals surface area contributed by atoms with E-state index in [4.69, 9.17) is 8.83 Å². The molecule has 2 heterocycles. The van der Waals surface area contributed by atoms with Gasteiger partial charge in [-0.05, 0) is 0 Å². The van der Waals surface area contributed by atoms with Gasteiger partial charge in [0.25, 0.3) is 0 Å². The molecule has 5 heteroatoms. The van der Waals surface area contributed by atoms with Crippen LogP contribution in [0.15, 0.2) is 69.5 Å². The van der Waals surface area contributed by atoms with Gasteiger partial charge in [-0.2, -0.15) is 0 Å². The number of furan rings is 2. The van der Waals surface area contributed by atoms with Gasteiger partial charge >= 0.3 is 259 Å². The van der Waals surface area contributed by atoms with E-state index in [0.29, 0.717) is 19.1 Å². The summed E-state index contributed by atoms with van der Waals surface area (Å²) in [4.78, 5) is 0. The molecule has 2 atom stereocenters. The van der Waals surface area contributed by atoms with Crippen LogP contribution in [0.4, 0.5) is 0 Å². The van der Waals surface area contributed by atoms with Gasteiger partial charge < -0.3 is 24.8 Å². The third-order valence-corrected chi connectivity index (χ3v) is 13.3. The molecule has 0 saturated carbocycles. The Labute approximate surface area is 281 Å². The van der Waals surface area contributed by atoms with Crippen molar-refractivity contribution in [2.75, 3.05) is 0 Å². The number of rotatable bonds is 10. The van der Waals surface area contributed by atoms with Crippen LogP contribution in [0.5, 0.6) is 0 Å².